The van der Waals surface area contributed by atoms with Crippen LogP contribution in [-0.4, -0.2) is 62.4 Å². The first kappa shape index (κ1) is 22.6. The fourth-order valence-electron chi connectivity index (χ4n) is 4.30. The van der Waals surface area contributed by atoms with E-state index in [1.807, 2.05) is 0 Å². The lowest BCUT2D eigenvalue weighted by Crippen LogP contribution is -2.54. The molecule has 3 unspecified atom stereocenters. The van der Waals surface area contributed by atoms with Gasteiger partial charge in [-0.05, 0) is 43.9 Å². The molecule has 1 amide bonds. The van der Waals surface area contributed by atoms with Crippen LogP contribution in [0.25, 0.3) is 0 Å². The summed E-state index contributed by atoms with van der Waals surface area (Å²) < 4.78 is 33.7. The Hall–Kier alpha value is -1.12. The number of fused-ring (bicyclic) bond motifs is 2. The van der Waals surface area contributed by atoms with Crippen molar-refractivity contribution in [3.05, 3.63) is 40.9 Å². The van der Waals surface area contributed by atoms with Gasteiger partial charge in [-0.2, -0.15) is 4.31 Å². The molecule has 0 radical (unpaired) electrons. The molecule has 2 bridgehead atoms. The number of carbonyl (C=O) groups excluding carboxylic acids is 1. The zero-order valence-electron chi connectivity index (χ0n) is 16.4. The van der Waals surface area contributed by atoms with Crippen LogP contribution in [0.5, 0.6) is 0 Å². The Morgan fingerprint density at radius 1 is 1.24 bits per heavy atom. The predicted molar refractivity (Wildman–Crippen MR) is 114 cm³/mol. The Morgan fingerprint density at radius 2 is 1.93 bits per heavy atom. The number of nitrogens with zero attached hydrogens (tertiary/aromatic N) is 2. The van der Waals surface area contributed by atoms with Crippen LogP contribution in [0, 0.1) is 5.92 Å². The normalized spacial score (nSPS) is 25.7. The summed E-state index contributed by atoms with van der Waals surface area (Å²) in [7, 11) is -2.35. The van der Waals surface area contributed by atoms with Gasteiger partial charge in [0, 0.05) is 48.8 Å². The van der Waals surface area contributed by atoms with Crippen molar-refractivity contribution in [2.45, 2.75) is 42.7 Å². The average molecular weight is 461 g/mol. The molecule has 2 heterocycles. The molecule has 2 aliphatic heterocycles. The van der Waals surface area contributed by atoms with Gasteiger partial charge in [-0.1, -0.05) is 29.3 Å². The number of ether oxygens (including phenoxy) is 1. The summed E-state index contributed by atoms with van der Waals surface area (Å²) in [5, 5.41) is 0.479. The van der Waals surface area contributed by atoms with Crippen LogP contribution in [0.3, 0.4) is 0 Å². The van der Waals surface area contributed by atoms with Gasteiger partial charge in [0.15, 0.2) is 0 Å². The molecule has 29 heavy (non-hydrogen) atoms. The fraction of sp³-hybridized carbons (Fsp3) is 0.550. The first-order valence-corrected chi connectivity index (χ1v) is 11.9. The zero-order valence-corrected chi connectivity index (χ0v) is 18.7. The minimum Gasteiger partial charge on any atom is -0.385 e. The molecule has 2 fully saturated rings. The average Bonchev–Trinajstić information content (AvgIpc) is 2.74. The number of piperidine rings is 1. The van der Waals surface area contributed by atoms with Gasteiger partial charge < -0.3 is 9.64 Å². The minimum absolute atomic E-state index is 0.00958. The summed E-state index contributed by atoms with van der Waals surface area (Å²) in [6, 6.07) is 3.19. The van der Waals surface area contributed by atoms with Crippen LogP contribution in [-0.2, 0) is 19.6 Å². The van der Waals surface area contributed by atoms with E-state index in [0.717, 1.165) is 6.42 Å². The molecule has 0 spiro atoms. The second-order valence-electron chi connectivity index (χ2n) is 7.48. The van der Waals surface area contributed by atoms with Crippen LogP contribution in [0.15, 0.2) is 35.7 Å². The Labute approximate surface area is 182 Å². The first-order valence-electron chi connectivity index (χ1n) is 9.69. The second kappa shape index (κ2) is 9.35. The van der Waals surface area contributed by atoms with Gasteiger partial charge in [0.05, 0.1) is 4.90 Å². The monoisotopic (exact) mass is 460 g/mol. The predicted octanol–water partition coefficient (Wildman–Crippen LogP) is 3.59. The lowest BCUT2D eigenvalue weighted by Gasteiger charge is -2.40. The van der Waals surface area contributed by atoms with E-state index < -0.39 is 16.1 Å². The smallest absolute Gasteiger partial charge is 0.244 e. The highest BCUT2D eigenvalue weighted by Crippen LogP contribution is 2.38. The van der Waals surface area contributed by atoms with Crippen LogP contribution < -0.4 is 0 Å². The SMILES string of the molecule is C=CC1CN(CCCOC)C(=O)C2CCCC1N2S(=O)(=O)c1cc(Cl)cc(Cl)c1. The largest absolute Gasteiger partial charge is 0.385 e. The molecule has 1 aromatic carbocycles. The van der Waals surface area contributed by atoms with Crippen molar-refractivity contribution in [1.82, 2.24) is 9.21 Å². The molecule has 3 rings (SSSR count). The van der Waals surface area contributed by atoms with E-state index in [0.29, 0.717) is 39.0 Å². The van der Waals surface area contributed by atoms with Crippen molar-refractivity contribution in [3.63, 3.8) is 0 Å². The Balaban J connectivity index is 2.03. The van der Waals surface area contributed by atoms with E-state index in [9.17, 15) is 13.2 Å². The Bertz CT molecular complexity index is 857. The van der Waals surface area contributed by atoms with Gasteiger partial charge in [-0.3, -0.25) is 4.79 Å². The number of hydrogen-bond donors (Lipinski definition) is 0. The molecule has 2 aliphatic rings. The van der Waals surface area contributed by atoms with Crippen LogP contribution >= 0.6 is 23.2 Å². The lowest BCUT2D eigenvalue weighted by molar-refractivity contribution is -0.135. The topological polar surface area (TPSA) is 66.9 Å². The maximum absolute atomic E-state index is 13.6. The van der Waals surface area contributed by atoms with E-state index in [1.165, 1.54) is 22.5 Å². The van der Waals surface area contributed by atoms with E-state index in [-0.39, 0.29) is 32.8 Å². The number of sulfonamides is 1. The Morgan fingerprint density at radius 3 is 2.55 bits per heavy atom. The maximum atomic E-state index is 13.6. The van der Waals surface area contributed by atoms with Crippen molar-refractivity contribution < 1.29 is 17.9 Å². The second-order valence-corrected chi connectivity index (χ2v) is 10.2. The van der Waals surface area contributed by atoms with Gasteiger partial charge in [0.2, 0.25) is 15.9 Å². The van der Waals surface area contributed by atoms with Crippen LogP contribution in [0.1, 0.15) is 25.7 Å². The van der Waals surface area contributed by atoms with Crippen molar-refractivity contribution >= 4 is 39.1 Å². The number of hydrogen-bond acceptors (Lipinski definition) is 4. The summed E-state index contributed by atoms with van der Waals surface area (Å²) in [4.78, 5) is 15.1. The molecule has 2 saturated heterocycles. The first-order chi connectivity index (χ1) is 13.8. The molecule has 0 aromatic heterocycles. The third-order valence-corrected chi connectivity index (χ3v) is 7.97. The molecular formula is C20H26Cl2N2O4S. The number of rotatable bonds is 7. The highest BCUT2D eigenvalue weighted by atomic mass is 35.5. The summed E-state index contributed by atoms with van der Waals surface area (Å²) in [6.07, 6.45) is 4.43. The lowest BCUT2D eigenvalue weighted by atomic mass is 9.90. The number of methoxy groups -OCH3 is 1. The fourth-order valence-corrected chi connectivity index (χ4v) is 6.90. The summed E-state index contributed by atoms with van der Waals surface area (Å²) >= 11 is 12.1. The third kappa shape index (κ3) is 4.64. The van der Waals surface area contributed by atoms with Crippen LogP contribution in [0.2, 0.25) is 10.0 Å². The van der Waals surface area contributed by atoms with Crippen LogP contribution in [0.4, 0.5) is 0 Å². The number of benzene rings is 1. The number of halogens is 2. The molecule has 0 saturated carbocycles. The summed E-state index contributed by atoms with van der Waals surface area (Å²) in [6.45, 7) is 5.44. The molecule has 0 N–H and O–H groups in total. The van der Waals surface area contributed by atoms with Gasteiger partial charge >= 0.3 is 0 Å². The van der Waals surface area contributed by atoms with Gasteiger partial charge in [0.1, 0.15) is 6.04 Å². The van der Waals surface area contributed by atoms with E-state index >= 15 is 0 Å². The number of carbonyl (C=O) groups is 1. The molecule has 9 heteroatoms. The van der Waals surface area contributed by atoms with Gasteiger partial charge in [-0.25, -0.2) is 8.42 Å². The molecule has 3 atom stereocenters. The van der Waals surface area contributed by atoms with Gasteiger partial charge in [-0.15, -0.1) is 6.58 Å². The van der Waals surface area contributed by atoms with E-state index in [4.69, 9.17) is 27.9 Å². The van der Waals surface area contributed by atoms with E-state index in [1.54, 1.807) is 18.1 Å². The van der Waals surface area contributed by atoms with E-state index in [2.05, 4.69) is 6.58 Å². The summed E-state index contributed by atoms with van der Waals surface area (Å²) in [5.41, 5.74) is 0. The van der Waals surface area contributed by atoms with Crippen molar-refractivity contribution in [3.8, 4) is 0 Å². The van der Waals surface area contributed by atoms with Crippen molar-refractivity contribution in [1.29, 1.82) is 0 Å². The molecule has 0 aliphatic carbocycles. The number of amides is 1. The maximum Gasteiger partial charge on any atom is 0.244 e. The highest BCUT2D eigenvalue weighted by molar-refractivity contribution is 7.89. The highest BCUT2D eigenvalue weighted by Gasteiger charge is 2.49. The van der Waals surface area contributed by atoms with Crippen molar-refractivity contribution in [2.24, 2.45) is 5.92 Å². The minimum atomic E-state index is -3.97. The molecule has 160 valence electrons. The standard InChI is InChI=1S/C20H26Cl2N2O4S/c1-3-14-13-23(8-5-9-28-2)20(25)19-7-4-6-18(14)24(19)29(26,27)17-11-15(21)10-16(22)12-17/h3,10-12,14,18-19H,1,4-9,13H2,2H3. The quantitative estimate of drug-likeness (QED) is 0.460. The van der Waals surface area contributed by atoms with Gasteiger partial charge in [0.25, 0.3) is 0 Å². The van der Waals surface area contributed by atoms with Crippen molar-refractivity contribution in [2.75, 3.05) is 26.8 Å². The molecular weight excluding hydrogens is 435 g/mol. The zero-order chi connectivity index (χ0) is 21.2. The third-order valence-electron chi connectivity index (χ3n) is 5.62. The Kier molecular flexibility index (Phi) is 7.27. The molecule has 6 nitrogen and oxygen atoms in total. The molecule has 1 aromatic rings. The summed E-state index contributed by atoms with van der Waals surface area (Å²) in [5.74, 6) is -0.317.